The molecular formula is C20H28N4O4S. The Labute approximate surface area is 171 Å². The van der Waals surface area contributed by atoms with Crippen LogP contribution < -0.4 is 4.72 Å². The Balaban J connectivity index is 1.32. The molecular weight excluding hydrogens is 392 g/mol. The molecule has 8 nitrogen and oxygen atoms in total. The number of hydrogen-bond acceptors (Lipinski definition) is 6. The predicted octanol–water partition coefficient (Wildman–Crippen LogP) is 1.74. The van der Waals surface area contributed by atoms with Gasteiger partial charge in [0.25, 0.3) is 0 Å². The summed E-state index contributed by atoms with van der Waals surface area (Å²) >= 11 is 0. The molecule has 1 aliphatic heterocycles. The van der Waals surface area contributed by atoms with Gasteiger partial charge in [-0.2, -0.15) is 0 Å². The van der Waals surface area contributed by atoms with Gasteiger partial charge in [0.2, 0.25) is 10.0 Å². The number of aliphatic hydroxyl groups is 1. The topological polar surface area (TPSA) is 106 Å². The summed E-state index contributed by atoms with van der Waals surface area (Å²) in [6.45, 7) is 2.38. The van der Waals surface area contributed by atoms with Crippen LogP contribution in [-0.2, 0) is 21.3 Å². The molecule has 0 amide bonds. The van der Waals surface area contributed by atoms with Crippen molar-refractivity contribution in [2.45, 2.75) is 74.6 Å². The smallest absolute Gasteiger partial charge is 0.240 e. The summed E-state index contributed by atoms with van der Waals surface area (Å²) in [5.41, 5.74) is 2.06. The van der Waals surface area contributed by atoms with E-state index < -0.39 is 22.2 Å². The van der Waals surface area contributed by atoms with Gasteiger partial charge in [-0.1, -0.05) is 22.9 Å². The fourth-order valence-electron chi connectivity index (χ4n) is 3.73. The van der Waals surface area contributed by atoms with Gasteiger partial charge < -0.3 is 9.84 Å². The second kappa shape index (κ2) is 8.51. The fourth-order valence-corrected chi connectivity index (χ4v) is 5.03. The van der Waals surface area contributed by atoms with Crippen LogP contribution in [0.5, 0.6) is 0 Å². The van der Waals surface area contributed by atoms with Crippen molar-refractivity contribution in [2.75, 3.05) is 6.61 Å². The van der Waals surface area contributed by atoms with Crippen molar-refractivity contribution < 1.29 is 18.3 Å². The number of sulfonamides is 1. The first-order valence-corrected chi connectivity index (χ1v) is 11.7. The zero-order chi connectivity index (χ0) is 20.4. The number of ether oxygens (including phenoxy) is 1. The molecule has 29 heavy (non-hydrogen) atoms. The molecule has 4 rings (SSSR count). The van der Waals surface area contributed by atoms with Crippen LogP contribution in [0.25, 0.3) is 0 Å². The largest absolute Gasteiger partial charge is 0.394 e. The highest BCUT2D eigenvalue weighted by Gasteiger charge is 2.34. The number of aryl methyl sites for hydroxylation is 2. The molecule has 2 N–H and O–H groups in total. The van der Waals surface area contributed by atoms with Gasteiger partial charge in [0.1, 0.15) is 0 Å². The van der Waals surface area contributed by atoms with Gasteiger partial charge in [-0.15, -0.1) is 5.10 Å². The van der Waals surface area contributed by atoms with Crippen molar-refractivity contribution in [3.63, 3.8) is 0 Å². The number of aromatic nitrogens is 3. The molecule has 2 fully saturated rings. The predicted molar refractivity (Wildman–Crippen MR) is 107 cm³/mol. The Morgan fingerprint density at radius 2 is 1.97 bits per heavy atom. The third kappa shape index (κ3) is 5.03. The van der Waals surface area contributed by atoms with Gasteiger partial charge in [-0.25, -0.2) is 13.1 Å². The summed E-state index contributed by atoms with van der Waals surface area (Å²) in [6, 6.07) is 6.27. The lowest BCUT2D eigenvalue weighted by Crippen LogP contribution is -2.50. The minimum Gasteiger partial charge on any atom is -0.394 e. The van der Waals surface area contributed by atoms with Crippen molar-refractivity contribution in [3.8, 4) is 0 Å². The second-order valence-electron chi connectivity index (χ2n) is 8.07. The van der Waals surface area contributed by atoms with Crippen LogP contribution in [0.4, 0.5) is 0 Å². The van der Waals surface area contributed by atoms with Gasteiger partial charge in [-0.3, -0.25) is 4.68 Å². The fraction of sp³-hybridized carbons (Fsp3) is 0.600. The van der Waals surface area contributed by atoms with Gasteiger partial charge in [0.15, 0.2) is 0 Å². The molecule has 1 aliphatic carbocycles. The van der Waals surface area contributed by atoms with Crippen LogP contribution in [0.1, 0.15) is 49.3 Å². The lowest BCUT2D eigenvalue weighted by molar-refractivity contribution is -0.0891. The van der Waals surface area contributed by atoms with Crippen molar-refractivity contribution in [1.29, 1.82) is 0 Å². The van der Waals surface area contributed by atoms with Gasteiger partial charge in [0, 0.05) is 18.7 Å². The number of nitrogens with zero attached hydrogens (tertiary/aromatic N) is 3. The molecule has 2 heterocycles. The quantitative estimate of drug-likeness (QED) is 0.674. The summed E-state index contributed by atoms with van der Waals surface area (Å²) < 4.78 is 35.9. The molecule has 0 bridgehead atoms. The van der Waals surface area contributed by atoms with E-state index in [1.807, 2.05) is 17.8 Å². The van der Waals surface area contributed by atoms with Crippen LogP contribution in [0.15, 0.2) is 35.4 Å². The number of benzene rings is 1. The molecule has 3 atom stereocenters. The van der Waals surface area contributed by atoms with Gasteiger partial charge in [-0.05, 0) is 51.2 Å². The average Bonchev–Trinajstić information content (AvgIpc) is 3.45. The van der Waals surface area contributed by atoms with E-state index in [-0.39, 0.29) is 17.6 Å². The minimum atomic E-state index is -3.66. The molecule has 1 saturated heterocycles. The maximum atomic E-state index is 12.7. The first kappa shape index (κ1) is 20.5. The summed E-state index contributed by atoms with van der Waals surface area (Å²) in [4.78, 5) is 0.222. The van der Waals surface area contributed by atoms with Crippen LogP contribution in [-0.4, -0.2) is 53.4 Å². The molecule has 0 spiro atoms. The molecule has 0 unspecified atom stereocenters. The molecule has 158 valence electrons. The maximum absolute atomic E-state index is 12.7. The third-order valence-electron chi connectivity index (χ3n) is 5.67. The van der Waals surface area contributed by atoms with E-state index >= 15 is 0 Å². The highest BCUT2D eigenvalue weighted by molar-refractivity contribution is 7.89. The highest BCUT2D eigenvalue weighted by atomic mass is 32.2. The minimum absolute atomic E-state index is 0.0409. The van der Waals surface area contributed by atoms with E-state index in [0.29, 0.717) is 18.9 Å². The molecule has 2 aromatic rings. The first-order valence-electron chi connectivity index (χ1n) is 10.2. The lowest BCUT2D eigenvalue weighted by atomic mass is 9.98. The zero-order valence-electron chi connectivity index (χ0n) is 16.6. The van der Waals surface area contributed by atoms with Crippen molar-refractivity contribution in [2.24, 2.45) is 0 Å². The average molecular weight is 421 g/mol. The molecule has 2 aliphatic rings. The Morgan fingerprint density at radius 1 is 1.21 bits per heavy atom. The maximum Gasteiger partial charge on any atom is 0.240 e. The third-order valence-corrected chi connectivity index (χ3v) is 7.17. The van der Waals surface area contributed by atoms with Crippen molar-refractivity contribution in [1.82, 2.24) is 19.7 Å². The SMILES string of the molecule is Cc1ccc(S(=O)(=O)N[C@H]2CC[C@@H](CCn3cc(C4CC4)nn3)O[C@@H]2CO)cc1. The monoisotopic (exact) mass is 420 g/mol. The molecule has 9 heteroatoms. The number of aliphatic hydroxyl groups excluding tert-OH is 1. The standard InChI is InChI=1S/C20H28N4O4S/c1-14-2-7-17(8-3-14)29(26,27)22-18-9-6-16(28-20(18)13-25)10-11-24-12-19(21-23-24)15-4-5-15/h2-3,7-8,12,15-16,18,20,22,25H,4-6,9-11,13H2,1H3/t16-,18-,20+/m0/s1. The van der Waals surface area contributed by atoms with Crippen molar-refractivity contribution in [3.05, 3.63) is 41.7 Å². The van der Waals surface area contributed by atoms with E-state index in [0.717, 1.165) is 24.1 Å². The summed E-state index contributed by atoms with van der Waals surface area (Å²) in [5.74, 6) is 0.579. The molecule has 1 saturated carbocycles. The summed E-state index contributed by atoms with van der Waals surface area (Å²) in [5, 5.41) is 18.1. The Hall–Kier alpha value is -1.81. The lowest BCUT2D eigenvalue weighted by Gasteiger charge is -2.36. The second-order valence-corrected chi connectivity index (χ2v) is 9.78. The Bertz CT molecular complexity index is 924. The van der Waals surface area contributed by atoms with E-state index in [2.05, 4.69) is 15.0 Å². The number of rotatable bonds is 8. The normalized spacial score (nSPS) is 25.2. The zero-order valence-corrected chi connectivity index (χ0v) is 17.4. The number of nitrogens with one attached hydrogen (secondary N) is 1. The van der Waals surface area contributed by atoms with Crippen molar-refractivity contribution >= 4 is 10.0 Å². The van der Waals surface area contributed by atoms with E-state index in [9.17, 15) is 13.5 Å². The van der Waals surface area contributed by atoms with Crippen LogP contribution >= 0.6 is 0 Å². The van der Waals surface area contributed by atoms with E-state index in [1.165, 1.54) is 12.8 Å². The first-order chi connectivity index (χ1) is 13.9. The Morgan fingerprint density at radius 3 is 2.66 bits per heavy atom. The molecule has 0 radical (unpaired) electrons. The van der Waals surface area contributed by atoms with Gasteiger partial charge in [0.05, 0.1) is 35.4 Å². The van der Waals surface area contributed by atoms with Crippen LogP contribution in [0.3, 0.4) is 0 Å². The number of hydrogen-bond donors (Lipinski definition) is 2. The Kier molecular flexibility index (Phi) is 6.00. The van der Waals surface area contributed by atoms with Crippen LogP contribution in [0.2, 0.25) is 0 Å². The van der Waals surface area contributed by atoms with Gasteiger partial charge >= 0.3 is 0 Å². The van der Waals surface area contributed by atoms with E-state index in [4.69, 9.17) is 4.74 Å². The molecule has 1 aromatic carbocycles. The highest BCUT2D eigenvalue weighted by Crippen LogP contribution is 2.38. The summed E-state index contributed by atoms with van der Waals surface area (Å²) in [7, 11) is -3.66. The van der Waals surface area contributed by atoms with Crippen LogP contribution in [0, 0.1) is 6.92 Å². The molecule has 1 aromatic heterocycles. The van der Waals surface area contributed by atoms with E-state index in [1.54, 1.807) is 24.3 Å². The summed E-state index contributed by atoms with van der Waals surface area (Å²) in [6.07, 6.45) is 5.88.